The van der Waals surface area contributed by atoms with Gasteiger partial charge in [-0.15, -0.1) is 0 Å². The van der Waals surface area contributed by atoms with Crippen LogP contribution in [0.3, 0.4) is 0 Å². The predicted octanol–water partition coefficient (Wildman–Crippen LogP) is 1.11. The highest BCUT2D eigenvalue weighted by Gasteiger charge is 2.37. The van der Waals surface area contributed by atoms with Crippen LogP contribution in [0.1, 0.15) is 31.1 Å². The fourth-order valence-electron chi connectivity index (χ4n) is 2.49. The van der Waals surface area contributed by atoms with Crippen LogP contribution < -0.4 is 5.32 Å². The number of sulfone groups is 1. The van der Waals surface area contributed by atoms with E-state index in [2.05, 4.69) is 12.2 Å². The molecule has 0 radical (unpaired) electrons. The lowest BCUT2D eigenvalue weighted by Gasteiger charge is -2.24. The van der Waals surface area contributed by atoms with E-state index in [0.29, 0.717) is 0 Å². The molecule has 0 aromatic heterocycles. The Labute approximate surface area is 126 Å². The molecule has 5 nitrogen and oxygen atoms in total. The van der Waals surface area contributed by atoms with Gasteiger partial charge in [0.25, 0.3) is 0 Å². The van der Waals surface area contributed by atoms with Gasteiger partial charge in [0, 0.05) is 12.8 Å². The van der Waals surface area contributed by atoms with E-state index in [1.54, 1.807) is 11.8 Å². The fourth-order valence-corrected chi connectivity index (χ4v) is 3.02. The van der Waals surface area contributed by atoms with Crippen LogP contribution in [0, 0.1) is 0 Å². The summed E-state index contributed by atoms with van der Waals surface area (Å²) >= 11 is 0. The summed E-state index contributed by atoms with van der Waals surface area (Å²) in [5, 5.41) is 3.23. The average Bonchev–Trinajstić information content (AvgIpc) is 2.72. The lowest BCUT2D eigenvalue weighted by atomic mass is 10.1. The molecular weight excluding hydrogens is 288 g/mol. The second-order valence-electron chi connectivity index (χ2n) is 5.55. The first-order chi connectivity index (χ1) is 9.81. The first kappa shape index (κ1) is 16.0. The standard InChI is InChI=1S/C15H22N2O3S/c1-4-12-5-7-13(8-6-12)14-16-11(2)15(18)17(14)9-10-21(3,19)20/h5-8,11,14,16H,4,9-10H2,1-3H3. The minimum absolute atomic E-state index is 0.0172. The van der Waals surface area contributed by atoms with Crippen molar-refractivity contribution in [2.45, 2.75) is 32.5 Å². The van der Waals surface area contributed by atoms with Crippen molar-refractivity contribution in [1.82, 2.24) is 10.2 Å². The van der Waals surface area contributed by atoms with E-state index in [-0.39, 0.29) is 30.4 Å². The van der Waals surface area contributed by atoms with Crippen molar-refractivity contribution < 1.29 is 13.2 Å². The number of hydrogen-bond acceptors (Lipinski definition) is 4. The van der Waals surface area contributed by atoms with Gasteiger partial charge in [-0.1, -0.05) is 31.2 Å². The summed E-state index contributed by atoms with van der Waals surface area (Å²) < 4.78 is 22.7. The van der Waals surface area contributed by atoms with Crippen LogP contribution in [0.4, 0.5) is 0 Å². The molecule has 0 bridgehead atoms. The van der Waals surface area contributed by atoms with Crippen molar-refractivity contribution >= 4 is 15.7 Å². The zero-order valence-corrected chi connectivity index (χ0v) is 13.5. The van der Waals surface area contributed by atoms with E-state index in [0.717, 1.165) is 12.0 Å². The van der Waals surface area contributed by atoms with Crippen LogP contribution in [0.2, 0.25) is 0 Å². The molecule has 1 amide bonds. The largest absolute Gasteiger partial charge is 0.321 e. The van der Waals surface area contributed by atoms with E-state index in [4.69, 9.17) is 0 Å². The van der Waals surface area contributed by atoms with Crippen LogP contribution >= 0.6 is 0 Å². The minimum Gasteiger partial charge on any atom is -0.321 e. The molecule has 0 aliphatic carbocycles. The van der Waals surface area contributed by atoms with Gasteiger partial charge < -0.3 is 4.90 Å². The summed E-state index contributed by atoms with van der Waals surface area (Å²) in [7, 11) is -3.09. The highest BCUT2D eigenvalue weighted by molar-refractivity contribution is 7.90. The molecule has 1 saturated heterocycles. The molecule has 1 heterocycles. The van der Waals surface area contributed by atoms with Crippen LogP contribution in [0.15, 0.2) is 24.3 Å². The van der Waals surface area contributed by atoms with E-state index in [1.807, 2.05) is 24.3 Å². The smallest absolute Gasteiger partial charge is 0.241 e. The number of carbonyl (C=O) groups excluding carboxylic acids is 1. The Balaban J connectivity index is 2.20. The lowest BCUT2D eigenvalue weighted by molar-refractivity contribution is -0.129. The quantitative estimate of drug-likeness (QED) is 0.885. The summed E-state index contributed by atoms with van der Waals surface area (Å²) in [6, 6.07) is 7.78. The molecule has 116 valence electrons. The highest BCUT2D eigenvalue weighted by Crippen LogP contribution is 2.25. The van der Waals surface area contributed by atoms with Crippen molar-refractivity contribution in [3.63, 3.8) is 0 Å². The van der Waals surface area contributed by atoms with E-state index < -0.39 is 9.84 Å². The molecule has 1 aromatic carbocycles. The topological polar surface area (TPSA) is 66.5 Å². The maximum Gasteiger partial charge on any atom is 0.241 e. The van der Waals surface area contributed by atoms with Gasteiger partial charge in [0.15, 0.2) is 0 Å². The number of benzene rings is 1. The van der Waals surface area contributed by atoms with Gasteiger partial charge in [0.2, 0.25) is 5.91 Å². The number of rotatable bonds is 5. The molecular formula is C15H22N2O3S. The Morgan fingerprint density at radius 2 is 1.86 bits per heavy atom. The van der Waals surface area contributed by atoms with Crippen molar-refractivity contribution in [2.24, 2.45) is 0 Å². The number of nitrogens with one attached hydrogen (secondary N) is 1. The molecule has 0 saturated carbocycles. The predicted molar refractivity (Wildman–Crippen MR) is 82.6 cm³/mol. The molecule has 1 aliphatic heterocycles. The molecule has 6 heteroatoms. The number of hydrogen-bond donors (Lipinski definition) is 1. The second-order valence-corrected chi connectivity index (χ2v) is 7.81. The third kappa shape index (κ3) is 3.83. The van der Waals surface area contributed by atoms with Gasteiger partial charge >= 0.3 is 0 Å². The third-order valence-electron chi connectivity index (χ3n) is 3.78. The Hall–Kier alpha value is -1.40. The zero-order valence-electron chi connectivity index (χ0n) is 12.7. The molecule has 2 atom stereocenters. The molecule has 1 N–H and O–H groups in total. The van der Waals surface area contributed by atoms with Crippen LogP contribution in [-0.4, -0.2) is 43.8 Å². The molecule has 1 aliphatic rings. The zero-order chi connectivity index (χ0) is 15.6. The van der Waals surface area contributed by atoms with Gasteiger partial charge in [-0.2, -0.15) is 0 Å². The number of carbonyl (C=O) groups is 1. The number of aryl methyl sites for hydroxylation is 1. The monoisotopic (exact) mass is 310 g/mol. The molecule has 1 aromatic rings. The van der Waals surface area contributed by atoms with Crippen LogP contribution in [0.5, 0.6) is 0 Å². The van der Waals surface area contributed by atoms with Gasteiger partial charge in [0.05, 0.1) is 11.8 Å². The average molecular weight is 310 g/mol. The molecule has 2 rings (SSSR count). The molecule has 1 fully saturated rings. The summed E-state index contributed by atoms with van der Waals surface area (Å²) in [6.45, 7) is 4.11. The van der Waals surface area contributed by atoms with Gasteiger partial charge in [-0.3, -0.25) is 10.1 Å². The Kier molecular flexibility index (Phi) is 4.68. The summed E-state index contributed by atoms with van der Waals surface area (Å²) in [5.41, 5.74) is 2.22. The van der Waals surface area contributed by atoms with Crippen LogP contribution in [0.25, 0.3) is 0 Å². The maximum absolute atomic E-state index is 12.2. The van der Waals surface area contributed by atoms with E-state index in [9.17, 15) is 13.2 Å². The van der Waals surface area contributed by atoms with E-state index in [1.165, 1.54) is 11.8 Å². The van der Waals surface area contributed by atoms with Gasteiger partial charge in [-0.05, 0) is 24.5 Å². The molecule has 21 heavy (non-hydrogen) atoms. The Bertz CT molecular complexity index is 610. The number of amides is 1. The molecule has 2 unspecified atom stereocenters. The summed E-state index contributed by atoms with van der Waals surface area (Å²) in [5.74, 6) is -0.0698. The number of nitrogens with zero attached hydrogens (tertiary/aromatic N) is 1. The Morgan fingerprint density at radius 1 is 1.24 bits per heavy atom. The van der Waals surface area contributed by atoms with Crippen LogP contribution in [-0.2, 0) is 21.1 Å². The Morgan fingerprint density at radius 3 is 2.38 bits per heavy atom. The second kappa shape index (κ2) is 6.15. The SMILES string of the molecule is CCc1ccc(C2NC(C)C(=O)N2CCS(C)(=O)=O)cc1. The molecule has 0 spiro atoms. The lowest BCUT2D eigenvalue weighted by Crippen LogP contribution is -2.34. The normalized spacial score (nSPS) is 22.8. The van der Waals surface area contributed by atoms with Crippen molar-refractivity contribution in [2.75, 3.05) is 18.6 Å². The summed E-state index contributed by atoms with van der Waals surface area (Å²) in [6.07, 6.45) is 1.90. The van der Waals surface area contributed by atoms with Crippen molar-refractivity contribution in [3.05, 3.63) is 35.4 Å². The van der Waals surface area contributed by atoms with Crippen molar-refractivity contribution in [3.8, 4) is 0 Å². The third-order valence-corrected chi connectivity index (χ3v) is 4.70. The van der Waals surface area contributed by atoms with Gasteiger partial charge in [0.1, 0.15) is 16.0 Å². The van der Waals surface area contributed by atoms with Crippen molar-refractivity contribution in [1.29, 1.82) is 0 Å². The van der Waals surface area contributed by atoms with E-state index >= 15 is 0 Å². The minimum atomic E-state index is -3.09. The fraction of sp³-hybridized carbons (Fsp3) is 0.533. The highest BCUT2D eigenvalue weighted by atomic mass is 32.2. The first-order valence-electron chi connectivity index (χ1n) is 7.15. The van der Waals surface area contributed by atoms with Gasteiger partial charge in [-0.25, -0.2) is 8.42 Å². The first-order valence-corrected chi connectivity index (χ1v) is 9.21. The maximum atomic E-state index is 12.2. The summed E-state index contributed by atoms with van der Waals surface area (Å²) in [4.78, 5) is 13.8.